The summed E-state index contributed by atoms with van der Waals surface area (Å²) in [5, 5.41) is 4.49. The zero-order valence-electron chi connectivity index (χ0n) is 14.4. The number of carbonyl (C=O) groups is 2. The van der Waals surface area contributed by atoms with Crippen LogP contribution in [0.1, 0.15) is 12.1 Å². The van der Waals surface area contributed by atoms with Crippen LogP contribution in [0.5, 0.6) is 5.75 Å². The largest absolute Gasteiger partial charge is 0.497 e. The zero-order valence-corrected chi connectivity index (χ0v) is 15.3. The van der Waals surface area contributed by atoms with E-state index in [1.165, 1.54) is 4.90 Å². The fourth-order valence-electron chi connectivity index (χ4n) is 2.28. The second-order valence-corrected chi connectivity index (χ2v) is 6.40. The van der Waals surface area contributed by atoms with Gasteiger partial charge in [0.15, 0.2) is 0 Å². The van der Waals surface area contributed by atoms with Crippen molar-refractivity contribution in [2.24, 2.45) is 0 Å². The molecule has 0 saturated heterocycles. The van der Waals surface area contributed by atoms with Crippen LogP contribution in [0.25, 0.3) is 0 Å². The third-order valence-electron chi connectivity index (χ3n) is 3.69. The van der Waals surface area contributed by atoms with Crippen LogP contribution in [0.3, 0.4) is 0 Å². The molecule has 1 heterocycles. The van der Waals surface area contributed by atoms with Gasteiger partial charge in [0.2, 0.25) is 11.8 Å². The van der Waals surface area contributed by atoms with Gasteiger partial charge in [0.05, 0.1) is 13.7 Å². The molecule has 2 amide bonds. The molecule has 1 aromatic carbocycles. The van der Waals surface area contributed by atoms with E-state index in [0.29, 0.717) is 18.0 Å². The molecule has 0 atom stereocenters. The van der Waals surface area contributed by atoms with Crippen molar-refractivity contribution < 1.29 is 14.3 Å². The highest BCUT2D eigenvalue weighted by molar-refractivity contribution is 7.07. The molecule has 0 radical (unpaired) electrons. The van der Waals surface area contributed by atoms with Crippen LogP contribution < -0.4 is 14.9 Å². The number of ether oxygens (including phenoxy) is 1. The number of rotatable bonds is 7. The van der Waals surface area contributed by atoms with Crippen LogP contribution >= 0.6 is 11.3 Å². The molecule has 2 rings (SSSR count). The Morgan fingerprint density at radius 1 is 1.36 bits per heavy atom. The number of benzene rings is 1. The lowest BCUT2D eigenvalue weighted by Crippen LogP contribution is -2.35. The predicted molar refractivity (Wildman–Crippen MR) is 97.2 cm³/mol. The Labute approximate surface area is 149 Å². The SMILES string of the molecule is COc1cccc(NC(=O)CN(C)C(=O)CCn2c(C)csc2=O)c1. The molecule has 0 fully saturated rings. The minimum Gasteiger partial charge on any atom is -0.497 e. The van der Waals surface area contributed by atoms with Crippen LogP contribution in [-0.2, 0) is 16.1 Å². The van der Waals surface area contributed by atoms with Crippen LogP contribution in [-0.4, -0.2) is 42.0 Å². The van der Waals surface area contributed by atoms with E-state index >= 15 is 0 Å². The summed E-state index contributed by atoms with van der Waals surface area (Å²) in [5.41, 5.74) is 1.44. The minimum absolute atomic E-state index is 0.0619. The molecule has 0 unspecified atom stereocenters. The Kier molecular flexibility index (Phi) is 6.35. The maximum Gasteiger partial charge on any atom is 0.307 e. The highest BCUT2D eigenvalue weighted by Gasteiger charge is 2.14. The molecular weight excluding hydrogens is 342 g/mol. The molecule has 0 aliphatic rings. The van der Waals surface area contributed by atoms with Crippen molar-refractivity contribution in [3.63, 3.8) is 0 Å². The summed E-state index contributed by atoms with van der Waals surface area (Å²) >= 11 is 1.11. The standard InChI is InChI=1S/C17H21N3O4S/c1-12-11-25-17(23)20(12)8-7-16(22)19(2)10-15(21)18-13-5-4-6-14(9-13)24-3/h4-6,9,11H,7-8,10H2,1-3H3,(H,18,21). The Morgan fingerprint density at radius 2 is 2.12 bits per heavy atom. The summed E-state index contributed by atoms with van der Waals surface area (Å²) in [7, 11) is 3.12. The van der Waals surface area contributed by atoms with E-state index in [0.717, 1.165) is 17.0 Å². The van der Waals surface area contributed by atoms with E-state index in [-0.39, 0.29) is 29.7 Å². The number of aromatic nitrogens is 1. The van der Waals surface area contributed by atoms with Crippen molar-refractivity contribution in [1.29, 1.82) is 0 Å². The van der Waals surface area contributed by atoms with Crippen molar-refractivity contribution in [3.05, 3.63) is 45.0 Å². The van der Waals surface area contributed by atoms with Crippen LogP contribution in [0.15, 0.2) is 34.4 Å². The molecule has 2 aromatic rings. The summed E-state index contributed by atoms with van der Waals surface area (Å²) in [4.78, 5) is 37.1. The first-order chi connectivity index (χ1) is 11.9. The number of methoxy groups -OCH3 is 1. The molecule has 8 heteroatoms. The lowest BCUT2D eigenvalue weighted by molar-refractivity contribution is -0.133. The number of hydrogen-bond acceptors (Lipinski definition) is 5. The summed E-state index contributed by atoms with van der Waals surface area (Å²) < 4.78 is 6.66. The molecular formula is C17H21N3O4S. The van der Waals surface area contributed by atoms with Crippen LogP contribution in [0.4, 0.5) is 5.69 Å². The zero-order chi connectivity index (χ0) is 18.4. The van der Waals surface area contributed by atoms with E-state index in [1.54, 1.807) is 48.4 Å². The molecule has 0 aliphatic heterocycles. The maximum absolute atomic E-state index is 12.2. The first-order valence-corrected chi connectivity index (χ1v) is 8.61. The average molecular weight is 363 g/mol. The van der Waals surface area contributed by atoms with Gasteiger partial charge in [-0.2, -0.15) is 0 Å². The fourth-order valence-corrected chi connectivity index (χ4v) is 3.04. The maximum atomic E-state index is 12.2. The van der Waals surface area contributed by atoms with E-state index < -0.39 is 0 Å². The van der Waals surface area contributed by atoms with Crippen molar-refractivity contribution in [2.75, 3.05) is 26.0 Å². The normalized spacial score (nSPS) is 10.4. The van der Waals surface area contributed by atoms with Gasteiger partial charge in [-0.05, 0) is 19.1 Å². The monoisotopic (exact) mass is 363 g/mol. The van der Waals surface area contributed by atoms with Crippen molar-refractivity contribution in [2.45, 2.75) is 19.9 Å². The summed E-state index contributed by atoms with van der Waals surface area (Å²) in [5.74, 6) is 0.144. The smallest absolute Gasteiger partial charge is 0.307 e. The minimum atomic E-state index is -0.298. The number of anilines is 1. The molecule has 0 spiro atoms. The number of aryl methyl sites for hydroxylation is 1. The molecule has 1 N–H and O–H groups in total. The van der Waals surface area contributed by atoms with E-state index in [2.05, 4.69) is 5.32 Å². The van der Waals surface area contributed by atoms with Gasteiger partial charge in [0.1, 0.15) is 5.75 Å². The second-order valence-electron chi connectivity index (χ2n) is 5.57. The van der Waals surface area contributed by atoms with Gasteiger partial charge in [-0.3, -0.25) is 14.4 Å². The number of nitrogens with zero attached hydrogens (tertiary/aromatic N) is 2. The van der Waals surface area contributed by atoms with Crippen molar-refractivity contribution in [3.8, 4) is 5.75 Å². The highest BCUT2D eigenvalue weighted by atomic mass is 32.1. The number of carbonyl (C=O) groups excluding carboxylic acids is 2. The summed E-state index contributed by atoms with van der Waals surface area (Å²) in [6.07, 6.45) is 0.167. The van der Waals surface area contributed by atoms with Crippen molar-refractivity contribution in [1.82, 2.24) is 9.47 Å². The molecule has 0 aliphatic carbocycles. The fraction of sp³-hybridized carbons (Fsp3) is 0.353. The first kappa shape index (κ1) is 18.7. The van der Waals surface area contributed by atoms with Gasteiger partial charge in [-0.15, -0.1) is 0 Å². The Bertz CT molecular complexity index is 812. The Morgan fingerprint density at radius 3 is 2.76 bits per heavy atom. The Hall–Kier alpha value is -2.61. The van der Waals surface area contributed by atoms with E-state index in [9.17, 15) is 14.4 Å². The van der Waals surface area contributed by atoms with Gasteiger partial charge in [-0.1, -0.05) is 17.4 Å². The first-order valence-electron chi connectivity index (χ1n) is 7.73. The van der Waals surface area contributed by atoms with Crippen LogP contribution in [0.2, 0.25) is 0 Å². The molecule has 7 nitrogen and oxygen atoms in total. The summed E-state index contributed by atoms with van der Waals surface area (Å²) in [6, 6.07) is 6.99. The number of hydrogen-bond donors (Lipinski definition) is 1. The lowest BCUT2D eigenvalue weighted by Gasteiger charge is -2.17. The average Bonchev–Trinajstić information content (AvgIpc) is 2.90. The molecule has 1 aromatic heterocycles. The number of thiazole rings is 1. The molecule has 134 valence electrons. The quantitative estimate of drug-likeness (QED) is 0.812. The molecule has 0 saturated carbocycles. The third-order valence-corrected chi connectivity index (χ3v) is 4.57. The van der Waals surface area contributed by atoms with Gasteiger partial charge in [0, 0.05) is 42.8 Å². The van der Waals surface area contributed by atoms with Gasteiger partial charge in [0.25, 0.3) is 0 Å². The number of nitrogens with one attached hydrogen (secondary N) is 1. The third kappa shape index (κ3) is 5.18. The van der Waals surface area contributed by atoms with Gasteiger partial charge < -0.3 is 19.5 Å². The summed E-state index contributed by atoms with van der Waals surface area (Å²) in [6.45, 7) is 2.08. The van der Waals surface area contributed by atoms with E-state index in [4.69, 9.17) is 4.74 Å². The van der Waals surface area contributed by atoms with E-state index in [1.807, 2.05) is 6.92 Å². The lowest BCUT2D eigenvalue weighted by atomic mass is 10.3. The van der Waals surface area contributed by atoms with Gasteiger partial charge >= 0.3 is 4.87 Å². The number of amides is 2. The Balaban J connectivity index is 1.85. The molecule has 25 heavy (non-hydrogen) atoms. The van der Waals surface area contributed by atoms with Crippen LogP contribution in [0, 0.1) is 6.92 Å². The molecule has 0 bridgehead atoms. The van der Waals surface area contributed by atoms with Crippen molar-refractivity contribution >= 4 is 28.8 Å². The predicted octanol–water partition coefficient (Wildman–Crippen LogP) is 1.71. The topological polar surface area (TPSA) is 80.6 Å². The number of likely N-dealkylation sites (N-methyl/N-ethyl adjacent to an activating group) is 1. The highest BCUT2D eigenvalue weighted by Crippen LogP contribution is 2.16. The second kappa shape index (κ2) is 8.48. The van der Waals surface area contributed by atoms with Gasteiger partial charge in [-0.25, -0.2) is 0 Å².